The molecule has 0 saturated carbocycles. The molecule has 0 aliphatic rings. The van der Waals surface area contributed by atoms with Crippen LogP contribution < -0.4 is 5.73 Å². The first-order valence-electron chi connectivity index (χ1n) is 3.68. The summed E-state index contributed by atoms with van der Waals surface area (Å²) < 4.78 is 0.863. The van der Waals surface area contributed by atoms with Crippen LogP contribution in [0.25, 0.3) is 10.9 Å². The molecule has 0 aliphatic heterocycles. The lowest BCUT2D eigenvalue weighted by Crippen LogP contribution is -1.89. The molecule has 0 spiro atoms. The van der Waals surface area contributed by atoms with Crippen molar-refractivity contribution in [3.8, 4) is 0 Å². The van der Waals surface area contributed by atoms with Crippen molar-refractivity contribution in [2.45, 2.75) is 0 Å². The third-order valence-electron chi connectivity index (χ3n) is 1.80. The maximum atomic E-state index is 5.88. The molecule has 4 heteroatoms. The summed E-state index contributed by atoms with van der Waals surface area (Å²) >= 11 is 9.26. The molecule has 1 aromatic carbocycles. The summed E-state index contributed by atoms with van der Waals surface area (Å²) in [5.74, 6) is 0. The monoisotopic (exact) mass is 256 g/mol. The van der Waals surface area contributed by atoms with Gasteiger partial charge < -0.3 is 5.73 Å². The van der Waals surface area contributed by atoms with Gasteiger partial charge in [-0.25, -0.2) is 0 Å². The van der Waals surface area contributed by atoms with Gasteiger partial charge in [0, 0.05) is 26.8 Å². The van der Waals surface area contributed by atoms with E-state index in [1.54, 1.807) is 18.3 Å². The Morgan fingerprint density at radius 1 is 1.38 bits per heavy atom. The minimum absolute atomic E-state index is 0.652. The van der Waals surface area contributed by atoms with Gasteiger partial charge in [0.25, 0.3) is 0 Å². The van der Waals surface area contributed by atoms with E-state index in [-0.39, 0.29) is 0 Å². The highest BCUT2D eigenvalue weighted by Gasteiger charge is 2.03. The second-order valence-electron chi connectivity index (χ2n) is 2.68. The number of hydrogen-bond donors (Lipinski definition) is 1. The second kappa shape index (κ2) is 3.16. The minimum Gasteiger partial charge on any atom is -0.398 e. The standard InChI is InChI=1S/C9H6BrClN2/c10-7-4-5(11)3-6-8(12)1-2-13-9(6)7/h1-4H,(H2,12,13). The van der Waals surface area contributed by atoms with Crippen molar-refractivity contribution in [2.75, 3.05) is 5.73 Å². The number of anilines is 1. The predicted molar refractivity (Wildman–Crippen MR) is 58.9 cm³/mol. The zero-order valence-corrected chi connectivity index (χ0v) is 8.93. The molecule has 0 bridgehead atoms. The van der Waals surface area contributed by atoms with E-state index in [1.165, 1.54) is 0 Å². The number of nitrogens with two attached hydrogens (primary N) is 1. The van der Waals surface area contributed by atoms with Gasteiger partial charge in [-0.1, -0.05) is 11.6 Å². The Balaban J connectivity index is 2.94. The Hall–Kier alpha value is -0.800. The van der Waals surface area contributed by atoms with Gasteiger partial charge in [0.1, 0.15) is 0 Å². The van der Waals surface area contributed by atoms with Gasteiger partial charge >= 0.3 is 0 Å². The number of rotatable bonds is 0. The van der Waals surface area contributed by atoms with E-state index in [4.69, 9.17) is 17.3 Å². The van der Waals surface area contributed by atoms with Gasteiger partial charge in [0.2, 0.25) is 0 Å². The Morgan fingerprint density at radius 3 is 2.92 bits per heavy atom. The van der Waals surface area contributed by atoms with Crippen LogP contribution in [-0.2, 0) is 0 Å². The number of nitrogen functional groups attached to an aromatic ring is 1. The number of fused-ring (bicyclic) bond motifs is 1. The number of nitrogens with zero attached hydrogens (tertiary/aromatic N) is 1. The van der Waals surface area contributed by atoms with Crippen LogP contribution in [0.5, 0.6) is 0 Å². The molecule has 0 saturated heterocycles. The third-order valence-corrected chi connectivity index (χ3v) is 2.62. The Kier molecular flexibility index (Phi) is 2.14. The van der Waals surface area contributed by atoms with Crippen molar-refractivity contribution >= 4 is 44.1 Å². The van der Waals surface area contributed by atoms with Crippen LogP contribution in [0.3, 0.4) is 0 Å². The van der Waals surface area contributed by atoms with Crippen molar-refractivity contribution < 1.29 is 0 Å². The van der Waals surface area contributed by atoms with E-state index in [0.29, 0.717) is 10.7 Å². The largest absolute Gasteiger partial charge is 0.398 e. The lowest BCUT2D eigenvalue weighted by molar-refractivity contribution is 1.40. The van der Waals surface area contributed by atoms with Crippen LogP contribution >= 0.6 is 27.5 Å². The van der Waals surface area contributed by atoms with E-state index in [2.05, 4.69) is 20.9 Å². The molecule has 2 N–H and O–H groups in total. The number of halogens is 2. The number of hydrogen-bond acceptors (Lipinski definition) is 2. The summed E-state index contributed by atoms with van der Waals surface area (Å²) in [7, 11) is 0. The SMILES string of the molecule is Nc1ccnc2c(Br)cc(Cl)cc12. The normalized spacial score (nSPS) is 10.6. The summed E-state index contributed by atoms with van der Waals surface area (Å²) in [4.78, 5) is 4.20. The first kappa shape index (κ1) is 8.78. The Labute approximate surface area is 88.8 Å². The van der Waals surface area contributed by atoms with Crippen LogP contribution in [0.4, 0.5) is 5.69 Å². The van der Waals surface area contributed by atoms with Crippen LogP contribution in [-0.4, -0.2) is 4.98 Å². The molecule has 1 aromatic heterocycles. The van der Waals surface area contributed by atoms with Crippen LogP contribution in [0.2, 0.25) is 5.02 Å². The highest BCUT2D eigenvalue weighted by Crippen LogP contribution is 2.29. The lowest BCUT2D eigenvalue weighted by atomic mass is 10.2. The smallest absolute Gasteiger partial charge is 0.0865 e. The van der Waals surface area contributed by atoms with Crippen molar-refractivity contribution in [1.29, 1.82) is 0 Å². The number of pyridine rings is 1. The number of benzene rings is 1. The highest BCUT2D eigenvalue weighted by molar-refractivity contribution is 9.10. The van der Waals surface area contributed by atoms with Gasteiger partial charge in [-0.15, -0.1) is 0 Å². The van der Waals surface area contributed by atoms with Gasteiger partial charge in [-0.2, -0.15) is 0 Å². The molecule has 66 valence electrons. The first-order valence-corrected chi connectivity index (χ1v) is 4.85. The van der Waals surface area contributed by atoms with Crippen LogP contribution in [0.15, 0.2) is 28.9 Å². The Bertz CT molecular complexity index is 470. The molecule has 2 nitrogen and oxygen atoms in total. The van der Waals surface area contributed by atoms with Crippen molar-refractivity contribution in [3.05, 3.63) is 33.9 Å². The topological polar surface area (TPSA) is 38.9 Å². The molecule has 0 fully saturated rings. The van der Waals surface area contributed by atoms with Crippen molar-refractivity contribution in [3.63, 3.8) is 0 Å². The summed E-state index contributed by atoms with van der Waals surface area (Å²) in [6.45, 7) is 0. The average molecular weight is 258 g/mol. The summed E-state index contributed by atoms with van der Waals surface area (Å²) in [6.07, 6.45) is 1.68. The number of aromatic nitrogens is 1. The molecule has 0 aliphatic carbocycles. The maximum Gasteiger partial charge on any atom is 0.0865 e. The molecule has 0 unspecified atom stereocenters. The van der Waals surface area contributed by atoms with Crippen molar-refractivity contribution in [2.24, 2.45) is 0 Å². The van der Waals surface area contributed by atoms with Crippen LogP contribution in [0.1, 0.15) is 0 Å². The molecule has 2 aromatic rings. The minimum atomic E-state index is 0.652. The van der Waals surface area contributed by atoms with E-state index in [9.17, 15) is 0 Å². The van der Waals surface area contributed by atoms with Gasteiger partial charge in [0.15, 0.2) is 0 Å². The summed E-state index contributed by atoms with van der Waals surface area (Å²) in [6, 6.07) is 5.37. The first-order chi connectivity index (χ1) is 6.18. The lowest BCUT2D eigenvalue weighted by Gasteiger charge is -2.03. The predicted octanol–water partition coefficient (Wildman–Crippen LogP) is 3.23. The van der Waals surface area contributed by atoms with Gasteiger partial charge in [0.05, 0.1) is 5.52 Å². The fraction of sp³-hybridized carbons (Fsp3) is 0. The van der Waals surface area contributed by atoms with E-state index >= 15 is 0 Å². The van der Waals surface area contributed by atoms with Gasteiger partial charge in [-0.3, -0.25) is 4.98 Å². The molecule has 0 amide bonds. The molecule has 0 atom stereocenters. The van der Waals surface area contributed by atoms with E-state index < -0.39 is 0 Å². The summed E-state index contributed by atoms with van der Waals surface area (Å²) in [5, 5.41) is 1.53. The second-order valence-corrected chi connectivity index (χ2v) is 3.97. The molecule has 13 heavy (non-hydrogen) atoms. The quantitative estimate of drug-likeness (QED) is 0.787. The average Bonchev–Trinajstić information content (AvgIpc) is 2.07. The molecular weight excluding hydrogens is 251 g/mol. The molecule has 2 rings (SSSR count). The fourth-order valence-electron chi connectivity index (χ4n) is 1.20. The van der Waals surface area contributed by atoms with E-state index in [0.717, 1.165) is 15.4 Å². The molecular formula is C9H6BrClN2. The van der Waals surface area contributed by atoms with Crippen molar-refractivity contribution in [1.82, 2.24) is 4.98 Å². The maximum absolute atomic E-state index is 5.88. The molecule has 1 heterocycles. The Morgan fingerprint density at radius 2 is 2.15 bits per heavy atom. The zero-order chi connectivity index (χ0) is 9.42. The third kappa shape index (κ3) is 1.49. The fourth-order valence-corrected chi connectivity index (χ4v) is 2.11. The van der Waals surface area contributed by atoms with Crippen LogP contribution in [0, 0.1) is 0 Å². The highest BCUT2D eigenvalue weighted by atomic mass is 79.9. The zero-order valence-electron chi connectivity index (χ0n) is 6.59. The van der Waals surface area contributed by atoms with Gasteiger partial charge in [-0.05, 0) is 34.1 Å². The molecule has 0 radical (unpaired) electrons. The summed E-state index contributed by atoms with van der Waals surface area (Å²) in [5.41, 5.74) is 7.30. The van der Waals surface area contributed by atoms with E-state index in [1.807, 2.05) is 6.07 Å².